The van der Waals surface area contributed by atoms with Crippen LogP contribution in [-0.4, -0.2) is 37.1 Å². The highest BCUT2D eigenvalue weighted by molar-refractivity contribution is 5.94. The number of hydrogen-bond donors (Lipinski definition) is 3. The standard InChI is InChI=1S/C24H32N4O2/c1-4-17(3)28-23(29)19-12-10-18(11-13-19)15-26-24(25-5-2)27-16-21-14-20-8-6-7-9-22(20)30-21/h6-13,17,21H,4-5,14-16H2,1-3H3,(H,28,29)(H2,25,26,27). The lowest BCUT2D eigenvalue weighted by Crippen LogP contribution is -2.42. The molecule has 2 aromatic rings. The van der Waals surface area contributed by atoms with Gasteiger partial charge in [0.15, 0.2) is 5.96 Å². The number of nitrogens with zero attached hydrogens (tertiary/aromatic N) is 1. The van der Waals surface area contributed by atoms with Gasteiger partial charge in [-0.3, -0.25) is 4.79 Å². The lowest BCUT2D eigenvalue weighted by Gasteiger charge is -2.15. The largest absolute Gasteiger partial charge is 0.488 e. The highest BCUT2D eigenvalue weighted by Crippen LogP contribution is 2.27. The molecular formula is C24H32N4O2. The maximum absolute atomic E-state index is 12.2. The molecule has 0 saturated heterocycles. The molecule has 0 saturated carbocycles. The predicted octanol–water partition coefficient (Wildman–Crippen LogP) is 3.27. The molecule has 2 unspecified atom stereocenters. The van der Waals surface area contributed by atoms with Crippen LogP contribution in [0.3, 0.4) is 0 Å². The van der Waals surface area contributed by atoms with E-state index in [2.05, 4.69) is 33.9 Å². The molecule has 1 heterocycles. The van der Waals surface area contributed by atoms with Gasteiger partial charge in [-0.2, -0.15) is 0 Å². The van der Waals surface area contributed by atoms with Gasteiger partial charge in [0.1, 0.15) is 11.9 Å². The first-order valence-electron chi connectivity index (χ1n) is 10.8. The Hall–Kier alpha value is -3.02. The van der Waals surface area contributed by atoms with Crippen LogP contribution in [0.15, 0.2) is 53.5 Å². The smallest absolute Gasteiger partial charge is 0.251 e. The van der Waals surface area contributed by atoms with E-state index in [0.29, 0.717) is 18.7 Å². The second-order valence-corrected chi connectivity index (χ2v) is 7.61. The van der Waals surface area contributed by atoms with Gasteiger partial charge in [0.05, 0.1) is 13.1 Å². The van der Waals surface area contributed by atoms with Crippen LogP contribution in [0.2, 0.25) is 0 Å². The Morgan fingerprint density at radius 2 is 1.90 bits per heavy atom. The van der Waals surface area contributed by atoms with Crippen molar-refractivity contribution in [1.82, 2.24) is 16.0 Å². The highest BCUT2D eigenvalue weighted by atomic mass is 16.5. The van der Waals surface area contributed by atoms with Crippen LogP contribution in [0.5, 0.6) is 5.75 Å². The molecule has 1 amide bonds. The Morgan fingerprint density at radius 3 is 2.60 bits per heavy atom. The fourth-order valence-corrected chi connectivity index (χ4v) is 3.26. The monoisotopic (exact) mass is 408 g/mol. The molecule has 30 heavy (non-hydrogen) atoms. The molecule has 3 N–H and O–H groups in total. The number of carbonyl (C=O) groups is 1. The quantitative estimate of drug-likeness (QED) is 0.463. The van der Waals surface area contributed by atoms with E-state index in [1.807, 2.05) is 56.3 Å². The van der Waals surface area contributed by atoms with Crippen molar-refractivity contribution in [3.05, 3.63) is 65.2 Å². The minimum Gasteiger partial charge on any atom is -0.488 e. The highest BCUT2D eigenvalue weighted by Gasteiger charge is 2.22. The summed E-state index contributed by atoms with van der Waals surface area (Å²) in [6, 6.07) is 16.0. The number of carbonyl (C=O) groups excluding carboxylic acids is 1. The number of hydrogen-bond acceptors (Lipinski definition) is 3. The number of benzene rings is 2. The summed E-state index contributed by atoms with van der Waals surface area (Å²) < 4.78 is 5.99. The van der Waals surface area contributed by atoms with Crippen LogP contribution < -0.4 is 20.7 Å². The summed E-state index contributed by atoms with van der Waals surface area (Å²) in [6.45, 7) is 8.12. The minimum atomic E-state index is -0.0352. The molecule has 0 aliphatic carbocycles. The molecule has 2 atom stereocenters. The van der Waals surface area contributed by atoms with E-state index in [1.165, 1.54) is 5.56 Å². The summed E-state index contributed by atoms with van der Waals surface area (Å²) in [5.41, 5.74) is 2.98. The third kappa shape index (κ3) is 5.99. The number of para-hydroxylation sites is 1. The summed E-state index contributed by atoms with van der Waals surface area (Å²) in [6.07, 6.45) is 1.93. The summed E-state index contributed by atoms with van der Waals surface area (Å²) in [5.74, 6) is 1.70. The van der Waals surface area contributed by atoms with E-state index in [4.69, 9.17) is 4.74 Å². The van der Waals surface area contributed by atoms with Crippen LogP contribution in [0, 0.1) is 0 Å². The third-order valence-corrected chi connectivity index (χ3v) is 5.18. The van der Waals surface area contributed by atoms with Crippen molar-refractivity contribution in [1.29, 1.82) is 0 Å². The molecule has 1 aliphatic heterocycles. The number of aliphatic imine (C=N–C) groups is 1. The van der Waals surface area contributed by atoms with Gasteiger partial charge in [0.25, 0.3) is 5.91 Å². The first-order valence-corrected chi connectivity index (χ1v) is 10.8. The molecule has 0 fully saturated rings. The summed E-state index contributed by atoms with van der Waals surface area (Å²) in [4.78, 5) is 16.9. The second kappa shape index (κ2) is 10.7. The van der Waals surface area contributed by atoms with Crippen LogP contribution in [0.4, 0.5) is 0 Å². The Bertz CT molecular complexity index is 839. The molecule has 2 aromatic carbocycles. The molecular weight excluding hydrogens is 376 g/mol. The normalized spacial score (nSPS) is 16.4. The number of guanidine groups is 1. The van der Waals surface area contributed by atoms with E-state index in [-0.39, 0.29) is 18.1 Å². The third-order valence-electron chi connectivity index (χ3n) is 5.18. The minimum absolute atomic E-state index is 0.0352. The lowest BCUT2D eigenvalue weighted by atomic mass is 10.1. The van der Waals surface area contributed by atoms with Gasteiger partial charge in [0.2, 0.25) is 0 Å². The summed E-state index contributed by atoms with van der Waals surface area (Å²) in [5, 5.41) is 9.63. The molecule has 0 bridgehead atoms. The van der Waals surface area contributed by atoms with Crippen LogP contribution in [0.25, 0.3) is 0 Å². The van der Waals surface area contributed by atoms with Crippen molar-refractivity contribution in [2.75, 3.05) is 13.1 Å². The Morgan fingerprint density at radius 1 is 1.13 bits per heavy atom. The van der Waals surface area contributed by atoms with E-state index < -0.39 is 0 Å². The number of ether oxygens (including phenoxy) is 1. The number of rotatable bonds is 8. The Labute approximate surface area is 179 Å². The predicted molar refractivity (Wildman–Crippen MR) is 121 cm³/mol. The zero-order chi connectivity index (χ0) is 21.3. The zero-order valence-corrected chi connectivity index (χ0v) is 18.1. The molecule has 0 radical (unpaired) electrons. The maximum Gasteiger partial charge on any atom is 0.251 e. The Balaban J connectivity index is 1.52. The van der Waals surface area contributed by atoms with Crippen molar-refractivity contribution in [3.63, 3.8) is 0 Å². The molecule has 0 aromatic heterocycles. The van der Waals surface area contributed by atoms with Gasteiger partial charge >= 0.3 is 0 Å². The molecule has 3 rings (SSSR count). The van der Waals surface area contributed by atoms with E-state index >= 15 is 0 Å². The second-order valence-electron chi connectivity index (χ2n) is 7.61. The molecule has 160 valence electrons. The average Bonchev–Trinajstić information content (AvgIpc) is 3.19. The van der Waals surface area contributed by atoms with Crippen molar-refractivity contribution >= 4 is 11.9 Å². The van der Waals surface area contributed by atoms with Gasteiger partial charge in [-0.15, -0.1) is 0 Å². The molecule has 6 heteroatoms. The number of nitrogens with one attached hydrogen (secondary N) is 3. The summed E-state index contributed by atoms with van der Waals surface area (Å²) >= 11 is 0. The molecule has 6 nitrogen and oxygen atoms in total. The van der Waals surface area contributed by atoms with Crippen molar-refractivity contribution in [2.45, 2.75) is 52.3 Å². The first kappa shape index (κ1) is 21.7. The molecule has 1 aliphatic rings. The van der Waals surface area contributed by atoms with E-state index in [9.17, 15) is 4.79 Å². The van der Waals surface area contributed by atoms with Gasteiger partial charge < -0.3 is 20.7 Å². The number of fused-ring (bicyclic) bond motifs is 1. The summed E-state index contributed by atoms with van der Waals surface area (Å²) in [7, 11) is 0. The fourth-order valence-electron chi connectivity index (χ4n) is 3.26. The topological polar surface area (TPSA) is 74.8 Å². The maximum atomic E-state index is 12.2. The SMILES string of the molecule is CCNC(=NCc1ccc(C(=O)NC(C)CC)cc1)NCC1Cc2ccccc2O1. The first-order chi connectivity index (χ1) is 14.6. The van der Waals surface area contributed by atoms with Crippen molar-refractivity contribution in [2.24, 2.45) is 4.99 Å². The van der Waals surface area contributed by atoms with Crippen molar-refractivity contribution in [3.8, 4) is 5.75 Å². The van der Waals surface area contributed by atoms with Crippen LogP contribution in [0.1, 0.15) is 48.7 Å². The zero-order valence-electron chi connectivity index (χ0n) is 18.1. The van der Waals surface area contributed by atoms with E-state index in [0.717, 1.165) is 36.7 Å². The van der Waals surface area contributed by atoms with Gasteiger partial charge in [-0.1, -0.05) is 37.3 Å². The fraction of sp³-hybridized carbons (Fsp3) is 0.417. The Kier molecular flexibility index (Phi) is 7.71. The lowest BCUT2D eigenvalue weighted by molar-refractivity contribution is 0.0939. The van der Waals surface area contributed by atoms with Gasteiger partial charge in [-0.05, 0) is 49.6 Å². The molecule has 0 spiro atoms. The number of amides is 1. The van der Waals surface area contributed by atoms with E-state index in [1.54, 1.807) is 0 Å². The van der Waals surface area contributed by atoms with Gasteiger partial charge in [-0.25, -0.2) is 4.99 Å². The van der Waals surface area contributed by atoms with Crippen LogP contribution >= 0.6 is 0 Å². The average molecular weight is 409 g/mol. The van der Waals surface area contributed by atoms with Crippen molar-refractivity contribution < 1.29 is 9.53 Å². The van der Waals surface area contributed by atoms with Gasteiger partial charge in [0, 0.05) is 24.6 Å². The van der Waals surface area contributed by atoms with Crippen LogP contribution in [-0.2, 0) is 13.0 Å².